The number of H-pyrrole nitrogens is 1. The summed E-state index contributed by atoms with van der Waals surface area (Å²) >= 11 is 11.8. The molecule has 19 nitrogen and oxygen atoms in total. The van der Waals surface area contributed by atoms with Crippen LogP contribution in [0.3, 0.4) is 0 Å². The Hall–Kier alpha value is -2.27. The summed E-state index contributed by atoms with van der Waals surface area (Å²) in [4.78, 5) is 53.0. The number of fused-ring (bicyclic) bond motifs is 5. The molecule has 236 valence electrons. The number of halogens is 1. The molecule has 0 spiro atoms. The first-order valence-corrected chi connectivity index (χ1v) is 18.8. The van der Waals surface area contributed by atoms with Crippen molar-refractivity contribution in [2.45, 2.75) is 41.1 Å². The fraction of sp³-hybridized carbons (Fsp3) is 0.526. The molecule has 0 aromatic carbocycles. The number of ether oxygens (including phenoxy) is 1. The van der Waals surface area contributed by atoms with E-state index in [1.807, 2.05) is 0 Å². The van der Waals surface area contributed by atoms with Crippen molar-refractivity contribution < 1.29 is 37.0 Å². The fourth-order valence-corrected chi connectivity index (χ4v) is 9.73. The van der Waals surface area contributed by atoms with E-state index in [0.29, 0.717) is 0 Å². The van der Waals surface area contributed by atoms with Crippen molar-refractivity contribution in [3.63, 3.8) is 0 Å². The van der Waals surface area contributed by atoms with Crippen LogP contribution >= 0.6 is 25.2 Å². The monoisotopic (exact) mass is 709 g/mol. The van der Waals surface area contributed by atoms with Gasteiger partial charge in [-0.3, -0.25) is 18.9 Å². The molecule has 7 rings (SSSR count). The lowest BCUT2D eigenvalue weighted by Gasteiger charge is -2.32. The van der Waals surface area contributed by atoms with Gasteiger partial charge in [-0.05, 0) is 30.0 Å². The van der Waals surface area contributed by atoms with E-state index in [9.17, 15) is 14.6 Å². The molecule has 7 N–H and O–H groups in total. The van der Waals surface area contributed by atoms with Gasteiger partial charge < -0.3 is 39.6 Å². The Bertz CT molecular complexity index is 1930. The number of aromatic amines is 1. The van der Waals surface area contributed by atoms with Gasteiger partial charge in [-0.1, -0.05) is 5.21 Å². The van der Waals surface area contributed by atoms with Crippen molar-refractivity contribution >= 4 is 82.9 Å². The fourth-order valence-electron chi connectivity index (χ4n) is 5.18. The topological polar surface area (TPSA) is 259 Å². The van der Waals surface area contributed by atoms with Gasteiger partial charge in [-0.2, -0.15) is 4.98 Å². The third kappa shape index (κ3) is 5.33. The van der Waals surface area contributed by atoms with Crippen LogP contribution in [0.2, 0.25) is 0 Å². The molecule has 8 atom stereocenters. The molecule has 2 bridgehead atoms. The highest BCUT2D eigenvalue weighted by Crippen LogP contribution is 2.57. The van der Waals surface area contributed by atoms with Crippen molar-refractivity contribution in [1.29, 1.82) is 0 Å². The Morgan fingerprint density at radius 3 is 2.68 bits per heavy atom. The zero-order valence-electron chi connectivity index (χ0n) is 21.9. The zero-order valence-corrected chi connectivity index (χ0v) is 26.2. The number of aromatic nitrogens is 9. The normalized spacial score (nSPS) is 36.6. The molecule has 4 aromatic rings. The summed E-state index contributed by atoms with van der Waals surface area (Å²) < 4.78 is 47.9. The molecule has 25 heteroatoms. The molecular weight excluding hydrogens is 687 g/mol. The molecule has 3 aliphatic heterocycles. The summed E-state index contributed by atoms with van der Waals surface area (Å²) in [7, 11) is 0. The van der Waals surface area contributed by atoms with Crippen molar-refractivity contribution in [2.24, 2.45) is 0 Å². The number of nitrogens with zero attached hydrogens (tertiary/aromatic N) is 8. The van der Waals surface area contributed by atoms with Crippen LogP contribution in [0.4, 0.5) is 16.2 Å². The second-order valence-corrected chi connectivity index (χ2v) is 17.0. The third-order valence-electron chi connectivity index (χ3n) is 7.12. The molecule has 7 heterocycles. The van der Waals surface area contributed by atoms with E-state index in [4.69, 9.17) is 57.9 Å². The number of alkyl halides is 1. The smallest absolute Gasteiger partial charge is 0.325 e. The number of imidazole rings is 1. The first-order valence-electron chi connectivity index (χ1n) is 12.7. The number of thioether (sulfide) groups is 1. The van der Waals surface area contributed by atoms with Crippen molar-refractivity contribution in [3.8, 4) is 0 Å². The Kier molecular flexibility index (Phi) is 7.54. The van der Waals surface area contributed by atoms with Gasteiger partial charge in [-0.15, -0.1) is 16.9 Å². The van der Waals surface area contributed by atoms with Crippen LogP contribution < -0.4 is 17.0 Å². The quantitative estimate of drug-likeness (QED) is 0.169. The van der Waals surface area contributed by atoms with Crippen LogP contribution in [-0.2, 0) is 52.2 Å². The SMILES string of the molecule is Nc1nc2c(nnn2[C@@H]2S[C@@H]3COP(O)(=S)O[C@@H]4[C@@H](COP(O)(=S)O[C@@H]2C3)OC[C@@]4(F)n2cnc3c(N)ncnc32)c(=O)[nH]1. The molecule has 4 aromatic heterocycles. The van der Waals surface area contributed by atoms with E-state index in [1.165, 1.54) is 16.4 Å². The number of nitrogen functional groups attached to an aromatic ring is 2. The maximum Gasteiger partial charge on any atom is 0.325 e. The van der Waals surface area contributed by atoms with Gasteiger partial charge in [0.1, 0.15) is 36.0 Å². The summed E-state index contributed by atoms with van der Waals surface area (Å²) in [6.07, 6.45) is -1.26. The number of hydrogen-bond donors (Lipinski definition) is 5. The van der Waals surface area contributed by atoms with Gasteiger partial charge in [0, 0.05) is 5.25 Å². The minimum atomic E-state index is -4.15. The number of anilines is 2. The van der Waals surface area contributed by atoms with E-state index in [-0.39, 0.29) is 47.1 Å². The summed E-state index contributed by atoms with van der Waals surface area (Å²) in [5.41, 5.74) is 11.2. The van der Waals surface area contributed by atoms with E-state index in [0.717, 1.165) is 17.2 Å². The highest BCUT2D eigenvalue weighted by atomic mass is 32.5. The van der Waals surface area contributed by atoms with Crippen molar-refractivity contribution in [2.75, 3.05) is 31.3 Å². The molecule has 44 heavy (non-hydrogen) atoms. The summed E-state index contributed by atoms with van der Waals surface area (Å²) in [5.74, 6) is -2.66. The Labute approximate surface area is 259 Å². The molecule has 3 saturated heterocycles. The second-order valence-electron chi connectivity index (χ2n) is 9.95. The number of nitrogens with one attached hydrogen (secondary N) is 1. The summed E-state index contributed by atoms with van der Waals surface area (Å²) in [6, 6.07) is 0. The highest BCUT2D eigenvalue weighted by molar-refractivity contribution is 8.07. The van der Waals surface area contributed by atoms with Crippen LogP contribution in [0, 0.1) is 0 Å². The van der Waals surface area contributed by atoms with Gasteiger partial charge in [0.25, 0.3) is 5.56 Å². The van der Waals surface area contributed by atoms with Gasteiger partial charge >= 0.3 is 13.4 Å². The predicted molar refractivity (Wildman–Crippen MR) is 159 cm³/mol. The minimum Gasteiger partial charge on any atom is -0.382 e. The van der Waals surface area contributed by atoms with Crippen LogP contribution in [0.25, 0.3) is 22.3 Å². The lowest BCUT2D eigenvalue weighted by Crippen LogP contribution is -2.45. The van der Waals surface area contributed by atoms with Crippen LogP contribution in [0.15, 0.2) is 17.4 Å². The lowest BCUT2D eigenvalue weighted by atomic mass is 10.1. The average molecular weight is 710 g/mol. The van der Waals surface area contributed by atoms with Gasteiger partial charge in [0.05, 0.1) is 19.5 Å². The van der Waals surface area contributed by atoms with Crippen LogP contribution in [0.5, 0.6) is 0 Å². The highest BCUT2D eigenvalue weighted by Gasteiger charge is 2.57. The van der Waals surface area contributed by atoms with Crippen molar-refractivity contribution in [3.05, 3.63) is 23.0 Å². The maximum atomic E-state index is 16.9. The predicted octanol–water partition coefficient (Wildman–Crippen LogP) is -0.205. The van der Waals surface area contributed by atoms with Gasteiger partial charge in [0.2, 0.25) is 11.7 Å². The van der Waals surface area contributed by atoms with E-state index in [1.54, 1.807) is 0 Å². The molecule has 0 aliphatic carbocycles. The van der Waals surface area contributed by atoms with Gasteiger partial charge in [0.15, 0.2) is 28.7 Å². The van der Waals surface area contributed by atoms with Crippen LogP contribution in [-0.4, -0.2) is 97.7 Å². The number of hydrogen-bond acceptors (Lipinski definition) is 17. The standard InChI is InChI=1S/C19H22FN11O8P2S3/c20-19(30-6-25-10-13(21)23-5-24-14(10)30)4-35-9-3-37-40(33,42)38-8-1-7(2-36-41(34,43)39-12(9)19)44-17(8)31-15-11(28-29-31)16(32)27-18(22)26-15/h5-9,12,17H,1-4H2,(H,33,42)(H,34,43)(H2,21,23,24)(H3,22,26,27,32)/t7-,8+,9+,12+,17+,19+,40?,41?/m0/s1. The maximum absolute atomic E-state index is 16.9. The Balaban J connectivity index is 1.21. The molecule has 3 fully saturated rings. The minimum absolute atomic E-state index is 0.0246. The zero-order chi connectivity index (χ0) is 31.0. The van der Waals surface area contributed by atoms with E-state index < -0.39 is 66.9 Å². The molecule has 3 aliphatic rings. The number of rotatable bonds is 2. The third-order valence-corrected chi connectivity index (χ3v) is 11.7. The first-order chi connectivity index (χ1) is 20.8. The lowest BCUT2D eigenvalue weighted by molar-refractivity contribution is -0.0382. The van der Waals surface area contributed by atoms with Crippen LogP contribution in [0.1, 0.15) is 11.8 Å². The first kappa shape index (κ1) is 30.4. The molecule has 2 unspecified atom stereocenters. The molecule has 0 radical (unpaired) electrons. The van der Waals surface area contributed by atoms with E-state index in [2.05, 4.69) is 35.2 Å². The summed E-state index contributed by atoms with van der Waals surface area (Å²) in [6.45, 7) is -9.49. The van der Waals surface area contributed by atoms with E-state index >= 15 is 4.39 Å². The van der Waals surface area contributed by atoms with Crippen molar-refractivity contribution in [1.82, 2.24) is 44.5 Å². The largest absolute Gasteiger partial charge is 0.382 e. The molecule has 0 amide bonds. The Morgan fingerprint density at radius 2 is 1.86 bits per heavy atom. The Morgan fingerprint density at radius 1 is 1.09 bits per heavy atom. The second kappa shape index (κ2) is 10.9. The average Bonchev–Trinajstić information content (AvgIpc) is 3.72. The number of nitrogens with two attached hydrogens (primary N) is 2. The molecular formula is C19H22FN11O8P2S3. The summed E-state index contributed by atoms with van der Waals surface area (Å²) in [5, 5.41) is 6.77. The van der Waals surface area contributed by atoms with Gasteiger partial charge in [-0.25, -0.2) is 24.0 Å². The molecule has 0 saturated carbocycles.